The van der Waals surface area contributed by atoms with Crippen LogP contribution in [0.3, 0.4) is 0 Å². The van der Waals surface area contributed by atoms with Gasteiger partial charge in [-0.1, -0.05) is 6.07 Å². The van der Waals surface area contributed by atoms with Gasteiger partial charge >= 0.3 is 5.97 Å². The number of carbonyl (C=O) groups is 3. The number of benzene rings is 2. The van der Waals surface area contributed by atoms with Crippen molar-refractivity contribution < 1.29 is 27.9 Å². The lowest BCUT2D eigenvalue weighted by Crippen LogP contribution is -2.61. The van der Waals surface area contributed by atoms with Gasteiger partial charge in [0.25, 0.3) is 0 Å². The minimum atomic E-state index is -1.28. The highest BCUT2D eigenvalue weighted by atomic mass is 19.1. The largest absolute Gasteiger partial charge is 0.464 e. The van der Waals surface area contributed by atoms with Crippen molar-refractivity contribution >= 4 is 28.6 Å². The zero-order chi connectivity index (χ0) is 30.2. The Morgan fingerprint density at radius 3 is 2.48 bits per heavy atom. The minimum Gasteiger partial charge on any atom is -0.464 e. The van der Waals surface area contributed by atoms with Gasteiger partial charge in [-0.2, -0.15) is 0 Å². The summed E-state index contributed by atoms with van der Waals surface area (Å²) in [5.41, 5.74) is 8.01. The fourth-order valence-electron chi connectivity index (χ4n) is 6.46. The lowest BCUT2D eigenvalue weighted by Gasteiger charge is -2.42. The predicted molar refractivity (Wildman–Crippen MR) is 155 cm³/mol. The fourth-order valence-corrected chi connectivity index (χ4v) is 6.46. The number of piperidine rings is 1. The summed E-state index contributed by atoms with van der Waals surface area (Å²) in [7, 11) is 0. The van der Waals surface area contributed by atoms with E-state index in [-0.39, 0.29) is 24.3 Å². The van der Waals surface area contributed by atoms with Crippen molar-refractivity contribution in [2.45, 2.75) is 75.9 Å². The van der Waals surface area contributed by atoms with E-state index in [2.05, 4.69) is 10.3 Å². The maximum atomic E-state index is 14.3. The lowest BCUT2D eigenvalue weighted by atomic mass is 9.73. The number of hydrogen-bond acceptors (Lipinski definition) is 6. The first kappa shape index (κ1) is 29.8. The van der Waals surface area contributed by atoms with Crippen LogP contribution >= 0.6 is 0 Å². The van der Waals surface area contributed by atoms with Crippen LogP contribution in [0.2, 0.25) is 0 Å². The average Bonchev–Trinajstić information content (AvgIpc) is 3.49. The zero-order valence-electron chi connectivity index (χ0n) is 24.3. The number of aromatic nitrogens is 1. The summed E-state index contributed by atoms with van der Waals surface area (Å²) in [5, 5.41) is 3.34. The third-order valence-corrected chi connectivity index (χ3v) is 8.80. The molecule has 3 aromatic rings. The molecule has 5 rings (SSSR count). The predicted octanol–water partition coefficient (Wildman–Crippen LogP) is 3.69. The van der Waals surface area contributed by atoms with Crippen LogP contribution < -0.4 is 11.1 Å². The molecule has 1 aliphatic heterocycles. The van der Waals surface area contributed by atoms with Crippen molar-refractivity contribution in [2.24, 2.45) is 5.73 Å². The highest BCUT2D eigenvalue weighted by Gasteiger charge is 2.46. The van der Waals surface area contributed by atoms with Gasteiger partial charge in [0.2, 0.25) is 5.91 Å². The van der Waals surface area contributed by atoms with Gasteiger partial charge in [-0.15, -0.1) is 0 Å². The number of likely N-dealkylation sites (tertiary alicyclic amines) is 1. The summed E-state index contributed by atoms with van der Waals surface area (Å²) in [6, 6.07) is 6.87. The molecular weight excluding hydrogens is 542 g/mol. The van der Waals surface area contributed by atoms with E-state index >= 15 is 0 Å². The smallest absolute Gasteiger partial charge is 0.331 e. The quantitative estimate of drug-likeness (QED) is 0.263. The van der Waals surface area contributed by atoms with Crippen LogP contribution in [0.15, 0.2) is 42.6 Å². The van der Waals surface area contributed by atoms with Crippen molar-refractivity contribution in [3.8, 4) is 0 Å². The van der Waals surface area contributed by atoms with Crippen molar-refractivity contribution in [1.82, 2.24) is 15.2 Å². The number of esters is 1. The molecule has 2 aliphatic rings. The van der Waals surface area contributed by atoms with Gasteiger partial charge in [0, 0.05) is 36.6 Å². The molecule has 224 valence electrons. The molecule has 0 bridgehead atoms. The molecule has 2 unspecified atom stereocenters. The van der Waals surface area contributed by atoms with Gasteiger partial charge in [0.05, 0.1) is 18.2 Å². The Morgan fingerprint density at radius 1 is 1.10 bits per heavy atom. The molecular formula is C32H38F2N4O4. The van der Waals surface area contributed by atoms with Gasteiger partial charge in [-0.3, -0.25) is 14.5 Å². The van der Waals surface area contributed by atoms with Crippen molar-refractivity contribution in [3.05, 3.63) is 70.9 Å². The van der Waals surface area contributed by atoms with E-state index in [9.17, 15) is 23.2 Å². The van der Waals surface area contributed by atoms with Crippen LogP contribution in [0.25, 0.3) is 10.9 Å². The monoisotopic (exact) mass is 580 g/mol. The number of Topliss-reactive ketones (excluding diaryl/α,β-unsaturated/α-hetero) is 1. The molecule has 4 N–H and O–H groups in total. The molecule has 2 atom stereocenters. The summed E-state index contributed by atoms with van der Waals surface area (Å²) < 4.78 is 33.6. The molecule has 1 spiro atoms. The molecule has 1 fully saturated rings. The number of carbonyl (C=O) groups excluding carboxylic acids is 3. The Hall–Kier alpha value is -3.63. The van der Waals surface area contributed by atoms with Gasteiger partial charge in [-0.25, -0.2) is 13.6 Å². The topological polar surface area (TPSA) is 118 Å². The van der Waals surface area contributed by atoms with E-state index in [1.165, 1.54) is 32.0 Å². The Morgan fingerprint density at radius 2 is 1.79 bits per heavy atom. The van der Waals surface area contributed by atoms with Gasteiger partial charge < -0.3 is 20.8 Å². The molecule has 1 amide bonds. The molecule has 1 aliphatic carbocycles. The van der Waals surface area contributed by atoms with Gasteiger partial charge in [0.1, 0.15) is 11.6 Å². The summed E-state index contributed by atoms with van der Waals surface area (Å²) in [5.74, 6) is -2.47. The van der Waals surface area contributed by atoms with Gasteiger partial charge in [-0.05, 0) is 98.9 Å². The van der Waals surface area contributed by atoms with E-state index < -0.39 is 41.1 Å². The fraction of sp³-hybridized carbons (Fsp3) is 0.469. The SMILES string of the molecule is CCOC(=O)C(C(=O)C(Cc1c[nH]c2ccc(F)cc12)NC(=O)C(C)(C)N)N1CCC2(CCc3ccc(F)cc32)CC1. The number of rotatable bonds is 9. The van der Waals surface area contributed by atoms with Crippen molar-refractivity contribution in [2.75, 3.05) is 19.7 Å². The second-order valence-electron chi connectivity index (χ2n) is 12.1. The molecule has 8 nitrogen and oxygen atoms in total. The van der Waals surface area contributed by atoms with Crippen LogP contribution in [0.1, 0.15) is 56.7 Å². The van der Waals surface area contributed by atoms with Crippen molar-refractivity contribution in [1.29, 1.82) is 0 Å². The summed E-state index contributed by atoms with van der Waals surface area (Å²) >= 11 is 0. The van der Waals surface area contributed by atoms with Crippen LogP contribution in [-0.2, 0) is 37.4 Å². The number of halogens is 2. The average molecular weight is 581 g/mol. The number of H-pyrrole nitrogens is 1. The summed E-state index contributed by atoms with van der Waals surface area (Å²) in [4.78, 5) is 45.5. The number of hydrogen-bond donors (Lipinski definition) is 3. The number of ketones is 1. The third-order valence-electron chi connectivity index (χ3n) is 8.80. The standard InChI is InChI=1S/C32H38F2N4O4/c1-4-42-29(40)27(38-13-11-32(12-14-38)10-9-19-5-6-22(34)17-24(19)32)28(39)26(37-30(41)31(2,3)35)15-20-18-36-25-8-7-21(33)16-23(20)25/h5-8,16-18,26-27,36H,4,9-15,35H2,1-3H3,(H,37,41). The number of aryl methyl sites for hydroxylation is 1. The molecule has 1 aromatic heterocycles. The number of nitrogens with one attached hydrogen (secondary N) is 2. The Kier molecular flexibility index (Phi) is 8.22. The van der Waals surface area contributed by atoms with Crippen LogP contribution in [-0.4, -0.2) is 64.9 Å². The first-order chi connectivity index (χ1) is 19.9. The van der Waals surface area contributed by atoms with Crippen LogP contribution in [0.5, 0.6) is 0 Å². The Balaban J connectivity index is 1.44. The molecule has 0 saturated carbocycles. The van der Waals surface area contributed by atoms with E-state index in [1.807, 2.05) is 11.0 Å². The highest BCUT2D eigenvalue weighted by molar-refractivity contribution is 6.07. The Labute approximate surface area is 244 Å². The number of aromatic amines is 1. The van der Waals surface area contributed by atoms with Gasteiger partial charge in [0.15, 0.2) is 11.8 Å². The number of amides is 1. The maximum Gasteiger partial charge on any atom is 0.331 e. The number of nitrogens with zero attached hydrogens (tertiary/aromatic N) is 1. The lowest BCUT2D eigenvalue weighted by molar-refractivity contribution is -0.155. The highest BCUT2D eigenvalue weighted by Crippen LogP contribution is 2.46. The maximum absolute atomic E-state index is 14.3. The summed E-state index contributed by atoms with van der Waals surface area (Å²) in [6.45, 7) is 5.66. The van der Waals surface area contributed by atoms with E-state index in [1.54, 1.807) is 25.3 Å². The van der Waals surface area contributed by atoms with Crippen LogP contribution in [0, 0.1) is 11.6 Å². The first-order valence-electron chi connectivity index (χ1n) is 14.5. The molecule has 10 heteroatoms. The molecule has 1 saturated heterocycles. The van der Waals surface area contributed by atoms with E-state index in [0.717, 1.165) is 24.0 Å². The van der Waals surface area contributed by atoms with Crippen molar-refractivity contribution in [3.63, 3.8) is 0 Å². The molecule has 0 radical (unpaired) electrons. The minimum absolute atomic E-state index is 0.0183. The number of nitrogens with two attached hydrogens (primary N) is 1. The van der Waals surface area contributed by atoms with E-state index in [4.69, 9.17) is 10.5 Å². The number of fused-ring (bicyclic) bond motifs is 3. The molecule has 42 heavy (non-hydrogen) atoms. The summed E-state index contributed by atoms with van der Waals surface area (Å²) in [6.07, 6.45) is 4.75. The second kappa shape index (κ2) is 11.6. The number of ether oxygens (including phenoxy) is 1. The van der Waals surface area contributed by atoms with E-state index in [0.29, 0.717) is 42.4 Å². The zero-order valence-corrected chi connectivity index (χ0v) is 24.3. The normalized spacial score (nSPS) is 18.0. The molecule has 2 aromatic carbocycles. The van der Waals surface area contributed by atoms with Crippen LogP contribution in [0.4, 0.5) is 8.78 Å². The Bertz CT molecular complexity index is 1500. The first-order valence-corrected chi connectivity index (χ1v) is 14.5. The third kappa shape index (κ3) is 5.83. The second-order valence-corrected chi connectivity index (χ2v) is 12.1. The molecule has 2 heterocycles.